The maximum atomic E-state index is 11.5. The summed E-state index contributed by atoms with van der Waals surface area (Å²) in [6, 6.07) is 10.6. The SMILES string of the molecule is CNc1nc(-c2ccc(C3CCN(C(C)=O)CC3)cc2)cc2nccnc12. The Morgan fingerprint density at radius 1 is 1.11 bits per heavy atom. The van der Waals surface area contributed by atoms with Crippen LogP contribution >= 0.6 is 0 Å². The average molecular weight is 361 g/mol. The number of pyridine rings is 1. The normalized spacial score (nSPS) is 15.1. The van der Waals surface area contributed by atoms with Crippen molar-refractivity contribution in [1.29, 1.82) is 0 Å². The summed E-state index contributed by atoms with van der Waals surface area (Å²) in [6.45, 7) is 3.34. The molecule has 0 spiro atoms. The largest absolute Gasteiger partial charge is 0.371 e. The van der Waals surface area contributed by atoms with Gasteiger partial charge in [-0.3, -0.25) is 9.78 Å². The molecule has 6 nitrogen and oxygen atoms in total. The molecule has 0 bridgehead atoms. The summed E-state index contributed by atoms with van der Waals surface area (Å²) in [5.41, 5.74) is 4.87. The van der Waals surface area contributed by atoms with Crippen LogP contribution in [0.25, 0.3) is 22.3 Å². The maximum Gasteiger partial charge on any atom is 0.219 e. The number of amides is 1. The van der Waals surface area contributed by atoms with Gasteiger partial charge in [0.15, 0.2) is 5.82 Å². The molecule has 1 aromatic carbocycles. The maximum absolute atomic E-state index is 11.5. The van der Waals surface area contributed by atoms with E-state index in [9.17, 15) is 4.79 Å². The smallest absolute Gasteiger partial charge is 0.219 e. The van der Waals surface area contributed by atoms with Crippen molar-refractivity contribution >= 4 is 22.8 Å². The molecule has 1 amide bonds. The van der Waals surface area contributed by atoms with Gasteiger partial charge in [-0.2, -0.15) is 0 Å². The molecule has 2 aromatic heterocycles. The number of hydrogen-bond acceptors (Lipinski definition) is 5. The lowest BCUT2D eigenvalue weighted by Crippen LogP contribution is -2.36. The summed E-state index contributed by atoms with van der Waals surface area (Å²) in [5, 5.41) is 3.11. The molecule has 27 heavy (non-hydrogen) atoms. The number of fused-ring (bicyclic) bond motifs is 1. The van der Waals surface area contributed by atoms with Gasteiger partial charge in [-0.1, -0.05) is 24.3 Å². The van der Waals surface area contributed by atoms with Crippen LogP contribution in [0.4, 0.5) is 5.82 Å². The van der Waals surface area contributed by atoms with Crippen LogP contribution in [0.5, 0.6) is 0 Å². The van der Waals surface area contributed by atoms with Crippen molar-refractivity contribution in [1.82, 2.24) is 19.9 Å². The Bertz CT molecular complexity index is 962. The van der Waals surface area contributed by atoms with Crippen molar-refractivity contribution < 1.29 is 4.79 Å². The lowest BCUT2D eigenvalue weighted by molar-refractivity contribution is -0.129. The van der Waals surface area contributed by atoms with E-state index in [1.54, 1.807) is 19.3 Å². The van der Waals surface area contributed by atoms with Gasteiger partial charge in [-0.15, -0.1) is 0 Å². The van der Waals surface area contributed by atoms with Gasteiger partial charge in [-0.25, -0.2) is 9.97 Å². The average Bonchev–Trinajstić information content (AvgIpc) is 2.73. The Balaban J connectivity index is 1.58. The minimum absolute atomic E-state index is 0.176. The van der Waals surface area contributed by atoms with Gasteiger partial charge in [0.2, 0.25) is 5.91 Å². The Labute approximate surface area is 158 Å². The first-order valence-corrected chi connectivity index (χ1v) is 9.31. The summed E-state index contributed by atoms with van der Waals surface area (Å²) < 4.78 is 0. The number of likely N-dealkylation sites (tertiary alicyclic amines) is 1. The molecule has 1 N–H and O–H groups in total. The Kier molecular flexibility index (Phi) is 4.71. The summed E-state index contributed by atoms with van der Waals surface area (Å²) in [6.07, 6.45) is 5.41. The Hall–Kier alpha value is -3.02. The Morgan fingerprint density at radius 3 is 2.48 bits per heavy atom. The third-order valence-electron chi connectivity index (χ3n) is 5.31. The quantitative estimate of drug-likeness (QED) is 0.773. The van der Waals surface area contributed by atoms with Gasteiger partial charge in [-0.05, 0) is 30.4 Å². The fourth-order valence-corrected chi connectivity index (χ4v) is 3.75. The zero-order valence-electron chi connectivity index (χ0n) is 15.6. The van der Waals surface area contributed by atoms with Crippen LogP contribution in [-0.2, 0) is 4.79 Å². The molecule has 3 aromatic rings. The van der Waals surface area contributed by atoms with Gasteiger partial charge >= 0.3 is 0 Å². The molecular weight excluding hydrogens is 338 g/mol. The van der Waals surface area contributed by atoms with E-state index < -0.39 is 0 Å². The number of piperidine rings is 1. The highest BCUT2D eigenvalue weighted by Gasteiger charge is 2.22. The number of nitrogens with zero attached hydrogens (tertiary/aromatic N) is 4. The minimum Gasteiger partial charge on any atom is -0.371 e. The highest BCUT2D eigenvalue weighted by Crippen LogP contribution is 2.30. The van der Waals surface area contributed by atoms with E-state index in [0.717, 1.165) is 54.0 Å². The van der Waals surface area contributed by atoms with Crippen molar-refractivity contribution in [2.45, 2.75) is 25.7 Å². The van der Waals surface area contributed by atoms with Crippen molar-refractivity contribution in [3.63, 3.8) is 0 Å². The number of nitrogens with one attached hydrogen (secondary N) is 1. The van der Waals surface area contributed by atoms with Crippen LogP contribution in [0.3, 0.4) is 0 Å². The minimum atomic E-state index is 0.176. The molecule has 0 aliphatic carbocycles. The lowest BCUT2D eigenvalue weighted by Gasteiger charge is -2.31. The first-order valence-electron chi connectivity index (χ1n) is 9.31. The first kappa shape index (κ1) is 17.4. The summed E-state index contributed by atoms with van der Waals surface area (Å²) >= 11 is 0. The van der Waals surface area contributed by atoms with E-state index in [1.807, 2.05) is 18.0 Å². The summed E-state index contributed by atoms with van der Waals surface area (Å²) in [7, 11) is 1.84. The number of anilines is 1. The monoisotopic (exact) mass is 361 g/mol. The number of hydrogen-bond donors (Lipinski definition) is 1. The van der Waals surface area contributed by atoms with Crippen LogP contribution in [0.15, 0.2) is 42.7 Å². The van der Waals surface area contributed by atoms with E-state index in [4.69, 9.17) is 4.98 Å². The molecule has 0 unspecified atom stereocenters. The predicted molar refractivity (Wildman–Crippen MR) is 107 cm³/mol. The zero-order valence-corrected chi connectivity index (χ0v) is 15.6. The molecule has 4 rings (SSSR count). The van der Waals surface area contributed by atoms with E-state index >= 15 is 0 Å². The third kappa shape index (κ3) is 3.47. The van der Waals surface area contributed by atoms with E-state index in [1.165, 1.54) is 5.56 Å². The number of benzene rings is 1. The molecule has 0 radical (unpaired) electrons. The molecular formula is C21H23N5O. The molecule has 6 heteroatoms. The van der Waals surface area contributed by atoms with Crippen LogP contribution in [0.1, 0.15) is 31.2 Å². The van der Waals surface area contributed by atoms with Gasteiger partial charge in [0.1, 0.15) is 5.52 Å². The number of carbonyl (C=O) groups excluding carboxylic acids is 1. The molecule has 1 saturated heterocycles. The van der Waals surface area contributed by atoms with Crippen molar-refractivity contribution in [2.75, 3.05) is 25.5 Å². The van der Waals surface area contributed by atoms with Crippen LogP contribution in [-0.4, -0.2) is 45.9 Å². The lowest BCUT2D eigenvalue weighted by atomic mass is 9.89. The summed E-state index contributed by atoms with van der Waals surface area (Å²) in [4.78, 5) is 26.9. The highest BCUT2D eigenvalue weighted by molar-refractivity contribution is 5.88. The van der Waals surface area contributed by atoms with Gasteiger partial charge < -0.3 is 10.2 Å². The molecule has 1 aliphatic rings. The molecule has 0 atom stereocenters. The number of rotatable bonds is 3. The second-order valence-electron chi connectivity index (χ2n) is 6.93. The third-order valence-corrected chi connectivity index (χ3v) is 5.31. The first-order chi connectivity index (χ1) is 13.2. The second-order valence-corrected chi connectivity index (χ2v) is 6.93. The van der Waals surface area contributed by atoms with Gasteiger partial charge in [0.05, 0.1) is 11.2 Å². The van der Waals surface area contributed by atoms with Gasteiger partial charge in [0.25, 0.3) is 0 Å². The van der Waals surface area contributed by atoms with Crippen LogP contribution < -0.4 is 5.32 Å². The number of carbonyl (C=O) groups is 1. The number of aromatic nitrogens is 3. The van der Waals surface area contributed by atoms with Gasteiger partial charge in [0, 0.05) is 45.0 Å². The van der Waals surface area contributed by atoms with Crippen LogP contribution in [0.2, 0.25) is 0 Å². The van der Waals surface area contributed by atoms with E-state index in [-0.39, 0.29) is 5.91 Å². The topological polar surface area (TPSA) is 71.0 Å². The molecule has 1 fully saturated rings. The van der Waals surface area contributed by atoms with Crippen molar-refractivity contribution in [3.8, 4) is 11.3 Å². The van der Waals surface area contributed by atoms with Crippen LogP contribution in [0, 0.1) is 0 Å². The standard InChI is InChI=1S/C21H23N5O/c1-14(27)26-11-7-16(8-12-26)15-3-5-17(6-4-15)18-13-19-20(21(22-2)25-18)24-10-9-23-19/h3-6,9-10,13,16H,7-8,11-12H2,1-2H3,(H,22,25). The summed E-state index contributed by atoms with van der Waals surface area (Å²) in [5.74, 6) is 1.42. The molecule has 0 saturated carbocycles. The van der Waals surface area contributed by atoms with Crippen molar-refractivity contribution in [2.24, 2.45) is 0 Å². The molecule has 1 aliphatic heterocycles. The van der Waals surface area contributed by atoms with E-state index in [0.29, 0.717) is 5.92 Å². The zero-order chi connectivity index (χ0) is 18.8. The highest BCUT2D eigenvalue weighted by atomic mass is 16.2. The molecule has 138 valence electrons. The fourth-order valence-electron chi connectivity index (χ4n) is 3.75. The second kappa shape index (κ2) is 7.31. The predicted octanol–water partition coefficient (Wildman–Crippen LogP) is 3.46. The molecule has 3 heterocycles. The van der Waals surface area contributed by atoms with E-state index in [2.05, 4.69) is 39.6 Å². The fraction of sp³-hybridized carbons (Fsp3) is 0.333. The Morgan fingerprint density at radius 2 is 1.81 bits per heavy atom. The van der Waals surface area contributed by atoms with Crippen molar-refractivity contribution in [3.05, 3.63) is 48.3 Å².